The molecule has 33 heavy (non-hydrogen) atoms. The highest BCUT2D eigenvalue weighted by atomic mass is 19.4. The molecule has 1 saturated heterocycles. The first kappa shape index (κ1) is 24.6. The molecule has 1 heterocycles. The molecule has 2 aromatic rings. The number of alkyl halides is 3. The van der Waals surface area contributed by atoms with E-state index in [1.807, 2.05) is 37.3 Å². The number of benzene rings is 2. The lowest BCUT2D eigenvalue weighted by Gasteiger charge is -2.24. The molecule has 1 aliphatic rings. The molecule has 2 amide bonds. The monoisotopic (exact) mass is 462 g/mol. The Morgan fingerprint density at radius 1 is 1.00 bits per heavy atom. The average molecular weight is 463 g/mol. The van der Waals surface area contributed by atoms with Gasteiger partial charge in [0.25, 0.3) is 0 Å². The first-order valence-electron chi connectivity index (χ1n) is 10.9. The Morgan fingerprint density at radius 3 is 2.15 bits per heavy atom. The van der Waals surface area contributed by atoms with Crippen molar-refractivity contribution in [3.05, 3.63) is 71.3 Å². The molecule has 0 bridgehead atoms. The van der Waals surface area contributed by atoms with Gasteiger partial charge in [-0.3, -0.25) is 4.79 Å². The van der Waals surface area contributed by atoms with Crippen LogP contribution < -0.4 is 5.32 Å². The molecule has 0 aromatic heterocycles. The van der Waals surface area contributed by atoms with E-state index in [1.165, 1.54) is 17.0 Å². The Balaban J connectivity index is 1.83. The van der Waals surface area contributed by atoms with Crippen LogP contribution in [0.2, 0.25) is 0 Å². The molecule has 5 nitrogen and oxygen atoms in total. The van der Waals surface area contributed by atoms with Crippen molar-refractivity contribution in [3.8, 4) is 0 Å². The number of carbonyl (C=O) groups is 2. The van der Waals surface area contributed by atoms with Crippen LogP contribution in [0.15, 0.2) is 54.6 Å². The number of halogens is 3. The summed E-state index contributed by atoms with van der Waals surface area (Å²) in [6.45, 7) is 7.41. The van der Waals surface area contributed by atoms with E-state index >= 15 is 0 Å². The summed E-state index contributed by atoms with van der Waals surface area (Å²) in [7, 11) is 0. The molecule has 0 saturated carbocycles. The van der Waals surface area contributed by atoms with E-state index in [-0.39, 0.29) is 25.0 Å². The van der Waals surface area contributed by atoms with Crippen LogP contribution in [0.1, 0.15) is 56.3 Å². The maximum atomic E-state index is 13.2. The quantitative estimate of drug-likeness (QED) is 0.650. The van der Waals surface area contributed by atoms with Crippen LogP contribution in [0.4, 0.5) is 18.0 Å². The molecule has 1 aliphatic heterocycles. The van der Waals surface area contributed by atoms with Crippen LogP contribution >= 0.6 is 0 Å². The van der Waals surface area contributed by atoms with Crippen LogP contribution in [0.5, 0.6) is 0 Å². The number of nitrogens with zero attached hydrogens (tertiary/aromatic N) is 1. The summed E-state index contributed by atoms with van der Waals surface area (Å²) in [5.41, 5.74) is 0.0378. The van der Waals surface area contributed by atoms with Crippen LogP contribution in [0, 0.1) is 5.92 Å². The minimum atomic E-state index is -4.45. The topological polar surface area (TPSA) is 58.6 Å². The van der Waals surface area contributed by atoms with E-state index in [1.54, 1.807) is 20.8 Å². The fourth-order valence-corrected chi connectivity index (χ4v) is 3.95. The van der Waals surface area contributed by atoms with Crippen molar-refractivity contribution in [3.63, 3.8) is 0 Å². The lowest BCUT2D eigenvalue weighted by Crippen LogP contribution is -2.38. The zero-order valence-electron chi connectivity index (χ0n) is 19.1. The first-order chi connectivity index (χ1) is 15.3. The van der Waals surface area contributed by atoms with Gasteiger partial charge in [-0.15, -0.1) is 0 Å². The number of hydrogen-bond donors (Lipinski definition) is 1. The fraction of sp³-hybridized carbons (Fsp3) is 0.440. The van der Waals surface area contributed by atoms with E-state index < -0.39 is 35.3 Å². The Hall–Kier alpha value is -3.03. The van der Waals surface area contributed by atoms with Gasteiger partial charge in [0.15, 0.2) is 0 Å². The van der Waals surface area contributed by atoms with Gasteiger partial charge in [-0.05, 0) is 51.0 Å². The van der Waals surface area contributed by atoms with E-state index in [9.17, 15) is 22.8 Å². The van der Waals surface area contributed by atoms with Gasteiger partial charge in [-0.1, -0.05) is 42.5 Å². The normalized spacial score (nSPS) is 19.8. The Morgan fingerprint density at radius 2 is 1.61 bits per heavy atom. The van der Waals surface area contributed by atoms with Crippen molar-refractivity contribution in [2.24, 2.45) is 5.92 Å². The highest BCUT2D eigenvalue weighted by molar-refractivity contribution is 5.82. The van der Waals surface area contributed by atoms with Gasteiger partial charge in [0, 0.05) is 19.0 Å². The minimum absolute atomic E-state index is 0.119. The lowest BCUT2D eigenvalue weighted by molar-refractivity contribution is -0.137. The van der Waals surface area contributed by atoms with Crippen molar-refractivity contribution in [1.82, 2.24) is 10.2 Å². The summed E-state index contributed by atoms with van der Waals surface area (Å²) in [5.74, 6) is -1.34. The second-order valence-corrected chi connectivity index (χ2v) is 9.36. The summed E-state index contributed by atoms with van der Waals surface area (Å²) in [6, 6.07) is 14.0. The second-order valence-electron chi connectivity index (χ2n) is 9.36. The van der Waals surface area contributed by atoms with Crippen LogP contribution in [0.25, 0.3) is 0 Å². The number of carbonyl (C=O) groups excluding carboxylic acids is 2. The largest absolute Gasteiger partial charge is 0.444 e. The second kappa shape index (κ2) is 9.45. The number of amides is 2. The molecule has 0 radical (unpaired) electrons. The van der Waals surface area contributed by atoms with E-state index in [0.29, 0.717) is 5.56 Å². The van der Waals surface area contributed by atoms with Gasteiger partial charge in [0.05, 0.1) is 17.5 Å². The summed E-state index contributed by atoms with van der Waals surface area (Å²) in [4.78, 5) is 27.3. The predicted molar refractivity (Wildman–Crippen MR) is 118 cm³/mol. The summed E-state index contributed by atoms with van der Waals surface area (Å²) in [5, 5.41) is 2.98. The third-order valence-corrected chi connectivity index (χ3v) is 5.63. The van der Waals surface area contributed by atoms with Crippen molar-refractivity contribution >= 4 is 12.0 Å². The molecule has 178 valence electrons. The smallest absolute Gasteiger partial charge is 0.416 e. The van der Waals surface area contributed by atoms with Crippen molar-refractivity contribution in [1.29, 1.82) is 0 Å². The maximum absolute atomic E-state index is 13.2. The SMILES string of the molecule is C[C@H](NC(=O)[C@@H]1CN(C(=O)OC(C)(C)C)C[C@H]1c1ccc(C(F)(F)F)cc1)c1ccccc1. The molecule has 0 spiro atoms. The molecule has 3 atom stereocenters. The number of likely N-dealkylation sites (tertiary alicyclic amines) is 1. The zero-order chi connectivity index (χ0) is 24.4. The van der Waals surface area contributed by atoms with Crippen LogP contribution in [0.3, 0.4) is 0 Å². The highest BCUT2D eigenvalue weighted by Gasteiger charge is 2.42. The average Bonchev–Trinajstić information content (AvgIpc) is 3.18. The molecular formula is C25H29F3N2O3. The number of ether oxygens (including phenoxy) is 1. The van der Waals surface area contributed by atoms with Crippen LogP contribution in [-0.4, -0.2) is 35.6 Å². The van der Waals surface area contributed by atoms with E-state index in [2.05, 4.69) is 5.32 Å². The van der Waals surface area contributed by atoms with Crippen molar-refractivity contribution in [2.75, 3.05) is 13.1 Å². The standard InChI is InChI=1S/C25H29F3N2O3/c1-16(17-8-6-5-7-9-17)29-22(31)21-15-30(23(32)33-24(2,3)4)14-20(21)18-10-12-19(13-11-18)25(26,27)28/h5-13,16,20-21H,14-15H2,1-4H3,(H,29,31)/t16-,20-,21+/m0/s1. The van der Waals surface area contributed by atoms with Crippen molar-refractivity contribution < 1.29 is 27.5 Å². The highest BCUT2D eigenvalue weighted by Crippen LogP contribution is 2.36. The minimum Gasteiger partial charge on any atom is -0.444 e. The van der Waals surface area contributed by atoms with Crippen molar-refractivity contribution in [2.45, 2.75) is 51.4 Å². The lowest BCUT2D eigenvalue weighted by atomic mass is 9.87. The molecule has 1 N–H and O–H groups in total. The van der Waals surface area contributed by atoms with Gasteiger partial charge < -0.3 is 15.0 Å². The molecule has 3 rings (SSSR count). The predicted octanol–water partition coefficient (Wildman–Crippen LogP) is 5.53. The number of nitrogens with one attached hydrogen (secondary N) is 1. The molecule has 1 fully saturated rings. The Bertz CT molecular complexity index is 969. The van der Waals surface area contributed by atoms with Gasteiger partial charge >= 0.3 is 12.3 Å². The molecule has 0 unspecified atom stereocenters. The third kappa shape index (κ3) is 6.27. The van der Waals surface area contributed by atoms with Gasteiger partial charge in [-0.25, -0.2) is 4.79 Å². The number of rotatable bonds is 4. The molecule has 0 aliphatic carbocycles. The number of hydrogen-bond acceptors (Lipinski definition) is 3. The summed E-state index contributed by atoms with van der Waals surface area (Å²) in [6.07, 6.45) is -5.00. The molecule has 2 aromatic carbocycles. The molecule has 8 heteroatoms. The van der Waals surface area contributed by atoms with E-state index in [4.69, 9.17) is 4.74 Å². The molecular weight excluding hydrogens is 433 g/mol. The maximum Gasteiger partial charge on any atom is 0.416 e. The van der Waals surface area contributed by atoms with Gasteiger partial charge in [-0.2, -0.15) is 13.2 Å². The first-order valence-corrected chi connectivity index (χ1v) is 10.9. The zero-order valence-corrected chi connectivity index (χ0v) is 19.1. The summed E-state index contributed by atoms with van der Waals surface area (Å²) < 4.78 is 44.4. The van der Waals surface area contributed by atoms with Gasteiger partial charge in [0.2, 0.25) is 5.91 Å². The fourth-order valence-electron chi connectivity index (χ4n) is 3.95. The Kier molecular flexibility index (Phi) is 7.05. The third-order valence-electron chi connectivity index (χ3n) is 5.63. The summed E-state index contributed by atoms with van der Waals surface area (Å²) >= 11 is 0. The Labute approximate surface area is 191 Å². The van der Waals surface area contributed by atoms with Crippen LogP contribution in [-0.2, 0) is 15.7 Å². The van der Waals surface area contributed by atoms with E-state index in [0.717, 1.165) is 17.7 Å². The van der Waals surface area contributed by atoms with Gasteiger partial charge in [0.1, 0.15) is 5.60 Å².